The van der Waals surface area contributed by atoms with Crippen molar-refractivity contribution in [3.8, 4) is 11.5 Å². The fourth-order valence-electron chi connectivity index (χ4n) is 4.38. The number of carbonyl (C=O) groups excluding carboxylic acids is 2. The van der Waals surface area contributed by atoms with Crippen LogP contribution in [-0.2, 0) is 4.79 Å². The van der Waals surface area contributed by atoms with E-state index in [1.54, 1.807) is 4.90 Å². The summed E-state index contributed by atoms with van der Waals surface area (Å²) in [5.74, 6) is 1.62. The van der Waals surface area contributed by atoms with Gasteiger partial charge >= 0.3 is 6.03 Å². The number of hydrogen-bond acceptors (Lipinski definition) is 3. The topological polar surface area (TPSA) is 70.7 Å². The zero-order valence-electron chi connectivity index (χ0n) is 20.2. The second kappa shape index (κ2) is 12.1. The van der Waals surface area contributed by atoms with Crippen molar-refractivity contribution in [2.45, 2.75) is 39.0 Å². The molecule has 6 nitrogen and oxygen atoms in total. The molecule has 182 valence electrons. The molecule has 0 aromatic heterocycles. The highest BCUT2D eigenvalue weighted by Gasteiger charge is 2.22. The standard InChI is InChI=1S/C29H33N3O3/c1-22-9-8-12-24(21-22)31-29(34)32(20-19-30-28(33)23-10-4-2-5-11-23)25-15-17-27(18-16-25)35-26-13-6-3-7-14-26/h3,6-9,12-18,21,23H,2,4-5,10-11,19-20H2,1H3,(H,30,33)(H,31,34). The highest BCUT2D eigenvalue weighted by atomic mass is 16.5. The van der Waals surface area contributed by atoms with Crippen LogP contribution in [0.3, 0.4) is 0 Å². The van der Waals surface area contributed by atoms with Crippen LogP contribution in [0.5, 0.6) is 11.5 Å². The van der Waals surface area contributed by atoms with E-state index < -0.39 is 0 Å². The Kier molecular flexibility index (Phi) is 8.39. The van der Waals surface area contributed by atoms with E-state index in [2.05, 4.69) is 10.6 Å². The Balaban J connectivity index is 1.44. The van der Waals surface area contributed by atoms with Crippen molar-refractivity contribution in [1.29, 1.82) is 0 Å². The van der Waals surface area contributed by atoms with E-state index >= 15 is 0 Å². The van der Waals surface area contributed by atoms with Crippen LogP contribution in [0.15, 0.2) is 78.9 Å². The van der Waals surface area contributed by atoms with Crippen LogP contribution in [0, 0.1) is 12.8 Å². The largest absolute Gasteiger partial charge is 0.457 e. The molecule has 1 fully saturated rings. The number of amides is 3. The number of nitrogens with one attached hydrogen (secondary N) is 2. The number of hydrogen-bond donors (Lipinski definition) is 2. The lowest BCUT2D eigenvalue weighted by Crippen LogP contribution is -2.42. The first-order valence-corrected chi connectivity index (χ1v) is 12.3. The normalized spacial score (nSPS) is 13.6. The highest BCUT2D eigenvalue weighted by molar-refractivity contribution is 6.01. The SMILES string of the molecule is Cc1cccc(NC(=O)N(CCNC(=O)C2CCCCC2)c2ccc(Oc3ccccc3)cc2)c1. The lowest BCUT2D eigenvalue weighted by molar-refractivity contribution is -0.125. The third-order valence-electron chi connectivity index (χ3n) is 6.25. The quantitative estimate of drug-likeness (QED) is 0.393. The maximum absolute atomic E-state index is 13.2. The summed E-state index contributed by atoms with van der Waals surface area (Å²) >= 11 is 0. The van der Waals surface area contributed by atoms with E-state index in [1.165, 1.54) is 6.42 Å². The second-order valence-corrected chi connectivity index (χ2v) is 8.99. The molecule has 3 aromatic rings. The summed E-state index contributed by atoms with van der Waals surface area (Å²) in [6, 6.07) is 24.4. The van der Waals surface area contributed by atoms with Gasteiger partial charge in [0.25, 0.3) is 0 Å². The number of urea groups is 1. The van der Waals surface area contributed by atoms with Crippen molar-refractivity contribution in [3.05, 3.63) is 84.4 Å². The van der Waals surface area contributed by atoms with Gasteiger partial charge in [0, 0.05) is 30.4 Å². The maximum Gasteiger partial charge on any atom is 0.326 e. The summed E-state index contributed by atoms with van der Waals surface area (Å²) < 4.78 is 5.89. The fourth-order valence-corrected chi connectivity index (χ4v) is 4.38. The summed E-state index contributed by atoms with van der Waals surface area (Å²) in [6.07, 6.45) is 5.33. The molecule has 0 spiro atoms. The van der Waals surface area contributed by atoms with E-state index in [-0.39, 0.29) is 17.9 Å². The Morgan fingerprint density at radius 1 is 0.886 bits per heavy atom. The molecule has 6 heteroatoms. The van der Waals surface area contributed by atoms with Crippen molar-refractivity contribution >= 4 is 23.3 Å². The summed E-state index contributed by atoms with van der Waals surface area (Å²) in [5.41, 5.74) is 2.52. The highest BCUT2D eigenvalue weighted by Crippen LogP contribution is 2.26. The van der Waals surface area contributed by atoms with E-state index in [9.17, 15) is 9.59 Å². The average molecular weight is 472 g/mol. The lowest BCUT2D eigenvalue weighted by Gasteiger charge is -2.25. The van der Waals surface area contributed by atoms with Gasteiger partial charge in [-0.1, -0.05) is 49.6 Å². The fraction of sp³-hybridized carbons (Fsp3) is 0.310. The van der Waals surface area contributed by atoms with E-state index in [1.807, 2.05) is 85.8 Å². The van der Waals surface area contributed by atoms with Gasteiger partial charge in [-0.2, -0.15) is 0 Å². The van der Waals surface area contributed by atoms with Gasteiger partial charge in [-0.3, -0.25) is 9.69 Å². The Morgan fingerprint density at radius 3 is 2.31 bits per heavy atom. The Bertz CT molecular complexity index is 1110. The van der Waals surface area contributed by atoms with Crippen molar-refractivity contribution in [2.24, 2.45) is 5.92 Å². The Hall–Kier alpha value is -3.80. The van der Waals surface area contributed by atoms with Crippen molar-refractivity contribution in [2.75, 3.05) is 23.3 Å². The molecular formula is C29H33N3O3. The molecule has 2 N–H and O–H groups in total. The minimum Gasteiger partial charge on any atom is -0.457 e. The third-order valence-corrected chi connectivity index (χ3v) is 6.25. The van der Waals surface area contributed by atoms with Gasteiger partial charge in [-0.25, -0.2) is 4.79 Å². The number of anilines is 2. The molecular weight excluding hydrogens is 438 g/mol. The second-order valence-electron chi connectivity index (χ2n) is 8.99. The molecule has 0 atom stereocenters. The molecule has 3 aromatic carbocycles. The van der Waals surface area contributed by atoms with Crippen LogP contribution in [0.25, 0.3) is 0 Å². The Labute approximate surface area is 207 Å². The van der Waals surface area contributed by atoms with Crippen LogP contribution in [-0.4, -0.2) is 25.0 Å². The predicted octanol–water partition coefficient (Wildman–Crippen LogP) is 6.52. The third kappa shape index (κ3) is 7.09. The number of ether oxygens (including phenoxy) is 1. The van der Waals surface area contributed by atoms with Gasteiger partial charge in [-0.15, -0.1) is 0 Å². The maximum atomic E-state index is 13.2. The monoisotopic (exact) mass is 471 g/mol. The molecule has 1 aliphatic rings. The van der Waals surface area contributed by atoms with Crippen molar-refractivity contribution in [3.63, 3.8) is 0 Å². The first-order chi connectivity index (χ1) is 17.1. The molecule has 3 amide bonds. The molecule has 0 heterocycles. The number of para-hydroxylation sites is 1. The Morgan fingerprint density at radius 2 is 1.60 bits per heavy atom. The molecule has 0 unspecified atom stereocenters. The summed E-state index contributed by atoms with van der Waals surface area (Å²) in [5, 5.41) is 6.02. The molecule has 4 rings (SSSR count). The van der Waals surface area contributed by atoms with Gasteiger partial charge < -0.3 is 15.4 Å². The minimum absolute atomic E-state index is 0.0905. The predicted molar refractivity (Wildman–Crippen MR) is 140 cm³/mol. The van der Waals surface area contributed by atoms with Crippen molar-refractivity contribution < 1.29 is 14.3 Å². The lowest BCUT2D eigenvalue weighted by atomic mass is 9.89. The molecule has 0 bridgehead atoms. The first kappa shape index (κ1) is 24.3. The summed E-state index contributed by atoms with van der Waals surface area (Å²) in [7, 11) is 0. The number of rotatable bonds is 8. The number of benzene rings is 3. The zero-order valence-corrected chi connectivity index (χ0v) is 20.2. The average Bonchev–Trinajstić information content (AvgIpc) is 2.88. The summed E-state index contributed by atoms with van der Waals surface area (Å²) in [4.78, 5) is 27.5. The molecule has 1 saturated carbocycles. The number of carbonyl (C=O) groups is 2. The van der Waals surface area contributed by atoms with E-state index in [0.717, 1.165) is 48.4 Å². The van der Waals surface area contributed by atoms with Crippen molar-refractivity contribution in [1.82, 2.24) is 5.32 Å². The smallest absolute Gasteiger partial charge is 0.326 e. The molecule has 0 radical (unpaired) electrons. The summed E-state index contributed by atoms with van der Waals surface area (Å²) in [6.45, 7) is 2.73. The van der Waals surface area contributed by atoms with Gasteiger partial charge in [0.2, 0.25) is 5.91 Å². The zero-order chi connectivity index (χ0) is 24.5. The van der Waals surface area contributed by atoms with E-state index in [0.29, 0.717) is 18.8 Å². The van der Waals surface area contributed by atoms with Crippen LogP contribution in [0.1, 0.15) is 37.7 Å². The van der Waals surface area contributed by atoms with Crippen LogP contribution >= 0.6 is 0 Å². The van der Waals surface area contributed by atoms with Gasteiger partial charge in [0.1, 0.15) is 11.5 Å². The molecule has 0 saturated heterocycles. The number of nitrogens with zero attached hydrogens (tertiary/aromatic N) is 1. The minimum atomic E-state index is -0.251. The number of aryl methyl sites for hydroxylation is 1. The molecule has 35 heavy (non-hydrogen) atoms. The molecule has 1 aliphatic carbocycles. The van der Waals surface area contributed by atoms with E-state index in [4.69, 9.17) is 4.74 Å². The van der Waals surface area contributed by atoms with Gasteiger partial charge in [0.05, 0.1) is 0 Å². The molecule has 0 aliphatic heterocycles. The van der Waals surface area contributed by atoms with Crippen LogP contribution in [0.4, 0.5) is 16.2 Å². The van der Waals surface area contributed by atoms with Gasteiger partial charge in [-0.05, 0) is 73.9 Å². The van der Waals surface area contributed by atoms with Crippen LogP contribution in [0.2, 0.25) is 0 Å². The van der Waals surface area contributed by atoms with Crippen LogP contribution < -0.4 is 20.3 Å². The van der Waals surface area contributed by atoms with Gasteiger partial charge in [0.15, 0.2) is 0 Å². The first-order valence-electron chi connectivity index (χ1n) is 12.3.